The van der Waals surface area contributed by atoms with Gasteiger partial charge in [-0.1, -0.05) is 23.2 Å². The van der Waals surface area contributed by atoms with E-state index in [1.807, 2.05) is 4.57 Å². The lowest BCUT2D eigenvalue weighted by atomic mass is 10.1. The molecule has 0 atom stereocenters. The van der Waals surface area contributed by atoms with Crippen LogP contribution < -0.4 is 5.49 Å². The summed E-state index contributed by atoms with van der Waals surface area (Å²) in [6.07, 6.45) is 3.15. The number of fused-ring (bicyclic) bond motifs is 2. The SMILES string of the molecule is N=c1c2c(Cl)cc(Cl)cc2nc2n1CCCC2. The Bertz CT molecular complexity index is 661. The van der Waals surface area contributed by atoms with Gasteiger partial charge in [-0.25, -0.2) is 4.98 Å². The number of halogens is 2. The average molecular weight is 268 g/mol. The number of nitrogens with zero attached hydrogens (tertiary/aromatic N) is 2. The molecule has 0 fully saturated rings. The van der Waals surface area contributed by atoms with Crippen LogP contribution in [0.5, 0.6) is 0 Å². The highest BCUT2D eigenvalue weighted by Gasteiger charge is 2.14. The highest BCUT2D eigenvalue weighted by atomic mass is 35.5. The van der Waals surface area contributed by atoms with Crippen molar-refractivity contribution in [3.05, 3.63) is 33.5 Å². The van der Waals surface area contributed by atoms with Gasteiger partial charge in [0.1, 0.15) is 11.3 Å². The maximum atomic E-state index is 8.22. The lowest BCUT2D eigenvalue weighted by Gasteiger charge is -2.19. The van der Waals surface area contributed by atoms with E-state index in [-0.39, 0.29) is 0 Å². The monoisotopic (exact) mass is 267 g/mol. The van der Waals surface area contributed by atoms with Gasteiger partial charge in [-0.15, -0.1) is 0 Å². The first-order valence-corrected chi connectivity index (χ1v) is 6.35. The van der Waals surface area contributed by atoms with Crippen molar-refractivity contribution >= 4 is 34.1 Å². The van der Waals surface area contributed by atoms with E-state index in [0.29, 0.717) is 20.9 Å². The summed E-state index contributed by atoms with van der Waals surface area (Å²) in [4.78, 5) is 4.57. The maximum Gasteiger partial charge on any atom is 0.137 e. The third-order valence-electron chi connectivity index (χ3n) is 3.13. The molecule has 88 valence electrons. The van der Waals surface area contributed by atoms with E-state index in [9.17, 15) is 0 Å². The Balaban J connectivity index is 2.44. The molecule has 1 aliphatic heterocycles. The zero-order chi connectivity index (χ0) is 12.0. The Morgan fingerprint density at radius 1 is 1.24 bits per heavy atom. The normalized spacial score (nSPS) is 14.9. The summed E-state index contributed by atoms with van der Waals surface area (Å²) in [5.41, 5.74) is 1.17. The lowest BCUT2D eigenvalue weighted by molar-refractivity contribution is 0.493. The number of aromatic nitrogens is 2. The molecule has 2 heterocycles. The molecule has 1 aromatic heterocycles. The topological polar surface area (TPSA) is 41.7 Å². The van der Waals surface area contributed by atoms with Crippen LogP contribution in [0.25, 0.3) is 10.9 Å². The first-order valence-electron chi connectivity index (χ1n) is 5.60. The minimum absolute atomic E-state index is 0.450. The lowest BCUT2D eigenvalue weighted by Crippen LogP contribution is -2.28. The molecule has 0 saturated carbocycles. The molecule has 1 aliphatic rings. The summed E-state index contributed by atoms with van der Waals surface area (Å²) in [6.45, 7) is 0.857. The maximum absolute atomic E-state index is 8.22. The van der Waals surface area contributed by atoms with Crippen LogP contribution in [-0.2, 0) is 13.0 Å². The van der Waals surface area contributed by atoms with E-state index < -0.39 is 0 Å². The van der Waals surface area contributed by atoms with Gasteiger partial charge in [-0.3, -0.25) is 5.41 Å². The molecule has 3 rings (SSSR count). The molecule has 5 heteroatoms. The summed E-state index contributed by atoms with van der Waals surface area (Å²) < 4.78 is 1.95. The van der Waals surface area contributed by atoms with E-state index in [2.05, 4.69) is 4.98 Å². The van der Waals surface area contributed by atoms with Gasteiger partial charge >= 0.3 is 0 Å². The molecule has 2 aromatic rings. The minimum Gasteiger partial charge on any atom is -0.314 e. The van der Waals surface area contributed by atoms with Gasteiger partial charge in [-0.05, 0) is 25.0 Å². The molecule has 3 nitrogen and oxygen atoms in total. The van der Waals surface area contributed by atoms with Crippen molar-refractivity contribution in [3.8, 4) is 0 Å². The van der Waals surface area contributed by atoms with Crippen molar-refractivity contribution in [1.82, 2.24) is 9.55 Å². The summed E-state index contributed by atoms with van der Waals surface area (Å²) in [5.74, 6) is 0.965. The fraction of sp³-hybridized carbons (Fsp3) is 0.333. The molecule has 0 amide bonds. The predicted octanol–water partition coefficient (Wildman–Crippen LogP) is 3.16. The molecule has 0 bridgehead atoms. The van der Waals surface area contributed by atoms with Crippen molar-refractivity contribution in [2.75, 3.05) is 0 Å². The van der Waals surface area contributed by atoms with Crippen molar-refractivity contribution in [3.63, 3.8) is 0 Å². The number of aryl methyl sites for hydroxylation is 1. The van der Waals surface area contributed by atoms with Crippen LogP contribution >= 0.6 is 23.2 Å². The van der Waals surface area contributed by atoms with Crippen LogP contribution in [0.2, 0.25) is 10.0 Å². The van der Waals surface area contributed by atoms with Crippen LogP contribution in [0.4, 0.5) is 0 Å². The number of rotatable bonds is 0. The molecule has 0 unspecified atom stereocenters. The van der Waals surface area contributed by atoms with Crippen LogP contribution in [0.1, 0.15) is 18.7 Å². The second kappa shape index (κ2) is 4.00. The molecular formula is C12H11Cl2N3. The summed E-state index contributed by atoms with van der Waals surface area (Å²) >= 11 is 12.1. The zero-order valence-corrected chi connectivity index (χ0v) is 10.6. The van der Waals surface area contributed by atoms with Crippen molar-refractivity contribution < 1.29 is 0 Å². The molecule has 0 aliphatic carbocycles. The zero-order valence-electron chi connectivity index (χ0n) is 9.13. The Labute approximate surface area is 109 Å². The molecule has 1 aromatic carbocycles. The molecule has 17 heavy (non-hydrogen) atoms. The van der Waals surface area contributed by atoms with Crippen molar-refractivity contribution in [2.24, 2.45) is 0 Å². The number of benzene rings is 1. The van der Waals surface area contributed by atoms with Gasteiger partial charge in [0.15, 0.2) is 0 Å². The Morgan fingerprint density at radius 3 is 2.88 bits per heavy atom. The molecule has 0 spiro atoms. The van der Waals surface area contributed by atoms with Gasteiger partial charge in [0.25, 0.3) is 0 Å². The quantitative estimate of drug-likeness (QED) is 0.783. The number of hydrogen-bond acceptors (Lipinski definition) is 2. The van der Waals surface area contributed by atoms with Gasteiger partial charge in [0, 0.05) is 18.0 Å². The largest absolute Gasteiger partial charge is 0.314 e. The van der Waals surface area contributed by atoms with Gasteiger partial charge in [0.2, 0.25) is 0 Å². The number of nitrogens with one attached hydrogen (secondary N) is 1. The molecule has 0 saturated heterocycles. The van der Waals surface area contributed by atoms with E-state index in [1.165, 1.54) is 0 Å². The number of hydrogen-bond donors (Lipinski definition) is 1. The van der Waals surface area contributed by atoms with Gasteiger partial charge in [0.05, 0.1) is 15.9 Å². The van der Waals surface area contributed by atoms with E-state index in [0.717, 1.165) is 37.1 Å². The third-order valence-corrected chi connectivity index (χ3v) is 3.65. The average Bonchev–Trinajstić information content (AvgIpc) is 2.28. The van der Waals surface area contributed by atoms with Crippen LogP contribution in [0.3, 0.4) is 0 Å². The van der Waals surface area contributed by atoms with E-state index in [1.54, 1.807) is 12.1 Å². The Kier molecular flexibility index (Phi) is 2.60. The van der Waals surface area contributed by atoms with Crippen LogP contribution in [0, 0.1) is 5.41 Å². The van der Waals surface area contributed by atoms with Crippen LogP contribution in [-0.4, -0.2) is 9.55 Å². The van der Waals surface area contributed by atoms with E-state index in [4.69, 9.17) is 28.6 Å². The fourth-order valence-corrected chi connectivity index (χ4v) is 2.90. The Hall–Kier alpha value is -1.06. The summed E-state index contributed by atoms with van der Waals surface area (Å²) in [6, 6.07) is 3.44. The third kappa shape index (κ3) is 1.74. The van der Waals surface area contributed by atoms with E-state index >= 15 is 0 Å². The fourth-order valence-electron chi connectivity index (χ4n) is 2.33. The standard InChI is InChI=1S/C12H11Cl2N3/c13-7-5-8(14)11-9(6-7)16-10-3-1-2-4-17(10)12(11)15/h5-6,15H,1-4H2. The summed E-state index contributed by atoms with van der Waals surface area (Å²) in [5, 5.41) is 9.99. The highest BCUT2D eigenvalue weighted by Crippen LogP contribution is 2.25. The summed E-state index contributed by atoms with van der Waals surface area (Å²) in [7, 11) is 0. The minimum atomic E-state index is 0.450. The first-order chi connectivity index (χ1) is 8.16. The van der Waals surface area contributed by atoms with Gasteiger partial charge in [-0.2, -0.15) is 0 Å². The van der Waals surface area contributed by atoms with Crippen molar-refractivity contribution in [1.29, 1.82) is 5.41 Å². The highest BCUT2D eigenvalue weighted by molar-refractivity contribution is 6.38. The second-order valence-corrected chi connectivity index (χ2v) is 5.11. The molecular weight excluding hydrogens is 257 g/mol. The second-order valence-electron chi connectivity index (χ2n) is 4.27. The first kappa shape index (κ1) is 11.1. The Morgan fingerprint density at radius 2 is 2.06 bits per heavy atom. The molecule has 0 radical (unpaired) electrons. The van der Waals surface area contributed by atoms with Crippen molar-refractivity contribution in [2.45, 2.75) is 25.8 Å². The molecule has 1 N–H and O–H groups in total. The smallest absolute Gasteiger partial charge is 0.137 e. The van der Waals surface area contributed by atoms with Crippen LogP contribution in [0.15, 0.2) is 12.1 Å². The van der Waals surface area contributed by atoms with Gasteiger partial charge < -0.3 is 4.57 Å². The predicted molar refractivity (Wildman–Crippen MR) is 68.5 cm³/mol.